The van der Waals surface area contributed by atoms with Crippen LogP contribution >= 0.6 is 0 Å². The van der Waals surface area contributed by atoms with Crippen LogP contribution in [0.25, 0.3) is 0 Å². The van der Waals surface area contributed by atoms with Gasteiger partial charge in [0.05, 0.1) is 0 Å². The van der Waals surface area contributed by atoms with Crippen LogP contribution in [0.1, 0.15) is 33.6 Å². The van der Waals surface area contributed by atoms with Crippen molar-refractivity contribution in [3.05, 3.63) is 18.2 Å². The average molecular weight is 293 g/mol. The number of fused-ring (bicyclic) bond motifs is 1. The van der Waals surface area contributed by atoms with Crippen molar-refractivity contribution in [2.75, 3.05) is 7.05 Å². The summed E-state index contributed by atoms with van der Waals surface area (Å²) in [6.45, 7) is 5.21. The van der Waals surface area contributed by atoms with Crippen LogP contribution in [0.5, 0.6) is 17.2 Å². The molecule has 1 aromatic carbocycles. The van der Waals surface area contributed by atoms with Crippen LogP contribution in [-0.4, -0.2) is 29.7 Å². The van der Waals surface area contributed by atoms with E-state index >= 15 is 0 Å². The van der Waals surface area contributed by atoms with Crippen LogP contribution in [0.4, 0.5) is 4.79 Å². The summed E-state index contributed by atoms with van der Waals surface area (Å²) in [6.07, 6.45) is 0.572. The molecule has 0 spiro atoms. The van der Waals surface area contributed by atoms with E-state index in [4.69, 9.17) is 14.2 Å². The highest BCUT2D eigenvalue weighted by Crippen LogP contribution is 2.47. The number of hydrogen-bond donors (Lipinski definition) is 0. The van der Waals surface area contributed by atoms with Crippen molar-refractivity contribution in [3.8, 4) is 17.2 Å². The van der Waals surface area contributed by atoms with Crippen molar-refractivity contribution in [3.63, 3.8) is 0 Å². The summed E-state index contributed by atoms with van der Waals surface area (Å²) in [5, 5.41) is 0. The van der Waals surface area contributed by atoms with Crippen LogP contribution in [0.15, 0.2) is 18.2 Å². The number of amides is 2. The zero-order valence-corrected chi connectivity index (χ0v) is 12.6. The Kier molecular flexibility index (Phi) is 4.06. The summed E-state index contributed by atoms with van der Waals surface area (Å²) >= 11 is 0. The quantitative estimate of drug-likeness (QED) is 0.857. The van der Waals surface area contributed by atoms with Crippen LogP contribution in [-0.2, 0) is 4.79 Å². The molecule has 0 aliphatic carbocycles. The normalized spacial score (nSPS) is 14.7. The van der Waals surface area contributed by atoms with E-state index in [9.17, 15) is 9.59 Å². The highest BCUT2D eigenvalue weighted by Gasteiger charge is 2.40. The second kappa shape index (κ2) is 5.63. The van der Waals surface area contributed by atoms with Crippen molar-refractivity contribution < 1.29 is 23.8 Å². The molecule has 0 aromatic heterocycles. The number of imide groups is 1. The van der Waals surface area contributed by atoms with Gasteiger partial charge in [-0.05, 0) is 12.1 Å². The Morgan fingerprint density at radius 1 is 1.24 bits per heavy atom. The average Bonchev–Trinajstić information content (AvgIpc) is 2.86. The minimum absolute atomic E-state index is 0.245. The number of carbonyl (C=O) groups excluding carboxylic acids is 2. The molecule has 1 aliphatic heterocycles. The summed E-state index contributed by atoms with van der Waals surface area (Å²) < 4.78 is 16.9. The van der Waals surface area contributed by atoms with Gasteiger partial charge < -0.3 is 14.2 Å². The van der Waals surface area contributed by atoms with E-state index in [1.54, 1.807) is 18.2 Å². The topological polar surface area (TPSA) is 65.1 Å². The van der Waals surface area contributed by atoms with Gasteiger partial charge in [-0.3, -0.25) is 9.69 Å². The molecule has 0 radical (unpaired) electrons. The first-order valence-electron chi connectivity index (χ1n) is 6.89. The van der Waals surface area contributed by atoms with Crippen molar-refractivity contribution in [1.82, 2.24) is 4.90 Å². The predicted molar refractivity (Wildman–Crippen MR) is 75.5 cm³/mol. The van der Waals surface area contributed by atoms with Crippen molar-refractivity contribution in [2.45, 2.75) is 39.4 Å². The molecule has 21 heavy (non-hydrogen) atoms. The van der Waals surface area contributed by atoms with Gasteiger partial charge in [0.25, 0.3) is 5.79 Å². The highest BCUT2D eigenvalue weighted by atomic mass is 16.7. The van der Waals surface area contributed by atoms with E-state index in [-0.39, 0.29) is 5.75 Å². The predicted octanol–water partition coefficient (Wildman–Crippen LogP) is 2.95. The number of carbonyl (C=O) groups is 2. The standard InChI is InChI=1S/C15H19NO5/c1-5-15(6-2)20-12-9-7-8-11(13(12)21-15)19-14(18)16(4)10(3)17/h7-9H,5-6H2,1-4H3. The largest absolute Gasteiger partial charge is 0.448 e. The fraction of sp³-hybridized carbons (Fsp3) is 0.467. The number of nitrogens with zero attached hydrogens (tertiary/aromatic N) is 1. The van der Waals surface area contributed by atoms with E-state index < -0.39 is 17.8 Å². The van der Waals surface area contributed by atoms with Crippen molar-refractivity contribution in [1.29, 1.82) is 0 Å². The lowest BCUT2D eigenvalue weighted by Gasteiger charge is -2.24. The summed E-state index contributed by atoms with van der Waals surface area (Å²) in [7, 11) is 1.35. The Balaban J connectivity index is 2.24. The van der Waals surface area contributed by atoms with Gasteiger partial charge in [0.2, 0.25) is 11.7 Å². The Labute approximate surface area is 123 Å². The third-order valence-corrected chi connectivity index (χ3v) is 3.55. The van der Waals surface area contributed by atoms with Crippen molar-refractivity contribution >= 4 is 12.0 Å². The molecule has 0 saturated heterocycles. The van der Waals surface area contributed by atoms with Gasteiger partial charge in [0.15, 0.2) is 11.5 Å². The Bertz CT molecular complexity index is 565. The van der Waals surface area contributed by atoms with Gasteiger partial charge >= 0.3 is 6.09 Å². The highest BCUT2D eigenvalue weighted by molar-refractivity contribution is 5.91. The Morgan fingerprint density at radius 3 is 2.48 bits per heavy atom. The van der Waals surface area contributed by atoms with Gasteiger partial charge in [-0.1, -0.05) is 19.9 Å². The molecule has 1 heterocycles. The smallest absolute Gasteiger partial charge is 0.421 e. The van der Waals surface area contributed by atoms with E-state index in [1.165, 1.54) is 14.0 Å². The first-order chi connectivity index (χ1) is 9.92. The molecule has 0 N–H and O–H groups in total. The SMILES string of the molecule is CCC1(CC)Oc2cccc(OC(=O)N(C)C(C)=O)c2O1. The number of ether oxygens (including phenoxy) is 3. The maximum absolute atomic E-state index is 11.8. The molecule has 6 heteroatoms. The molecule has 0 unspecified atom stereocenters. The molecule has 0 atom stereocenters. The number of rotatable bonds is 3. The number of para-hydroxylation sites is 1. The van der Waals surface area contributed by atoms with Gasteiger partial charge in [-0.2, -0.15) is 0 Å². The summed E-state index contributed by atoms with van der Waals surface area (Å²) in [5.74, 6) is 0.0497. The molecule has 114 valence electrons. The fourth-order valence-electron chi connectivity index (χ4n) is 1.99. The van der Waals surface area contributed by atoms with Crippen molar-refractivity contribution in [2.24, 2.45) is 0 Å². The minimum Gasteiger partial charge on any atom is -0.448 e. The molecule has 0 saturated carbocycles. The van der Waals surface area contributed by atoms with Crippen LogP contribution in [0, 0.1) is 0 Å². The zero-order chi connectivity index (χ0) is 15.6. The summed E-state index contributed by atoms with van der Waals surface area (Å²) in [5.41, 5.74) is 0. The third-order valence-electron chi connectivity index (χ3n) is 3.55. The van der Waals surface area contributed by atoms with E-state index in [2.05, 4.69) is 0 Å². The second-order valence-electron chi connectivity index (χ2n) is 4.85. The maximum Gasteiger partial charge on any atom is 0.421 e. The van der Waals surface area contributed by atoms with E-state index in [1.807, 2.05) is 13.8 Å². The Morgan fingerprint density at radius 2 is 1.90 bits per heavy atom. The lowest BCUT2D eigenvalue weighted by atomic mass is 10.1. The molecular formula is C15H19NO5. The molecule has 0 bridgehead atoms. The fourth-order valence-corrected chi connectivity index (χ4v) is 1.99. The second-order valence-corrected chi connectivity index (χ2v) is 4.85. The lowest BCUT2D eigenvalue weighted by molar-refractivity contribution is -0.125. The van der Waals surface area contributed by atoms with Gasteiger partial charge in [-0.15, -0.1) is 0 Å². The number of benzene rings is 1. The van der Waals surface area contributed by atoms with Gasteiger partial charge in [-0.25, -0.2) is 4.79 Å². The maximum atomic E-state index is 11.8. The molecule has 6 nitrogen and oxygen atoms in total. The summed E-state index contributed by atoms with van der Waals surface area (Å²) in [4.78, 5) is 23.9. The molecule has 1 aliphatic rings. The van der Waals surface area contributed by atoms with Crippen LogP contribution < -0.4 is 14.2 Å². The number of hydrogen-bond acceptors (Lipinski definition) is 5. The third kappa shape index (κ3) is 2.79. The van der Waals surface area contributed by atoms with Gasteiger partial charge in [0.1, 0.15) is 0 Å². The minimum atomic E-state index is -0.759. The molecule has 2 rings (SSSR count). The van der Waals surface area contributed by atoms with Gasteiger partial charge in [0, 0.05) is 26.8 Å². The molecule has 0 fully saturated rings. The first kappa shape index (κ1) is 15.2. The Hall–Kier alpha value is -2.24. The molecule has 1 aromatic rings. The summed E-state index contributed by atoms with van der Waals surface area (Å²) in [6, 6.07) is 5.07. The monoisotopic (exact) mass is 293 g/mol. The molecule has 2 amide bonds. The lowest BCUT2D eigenvalue weighted by Crippen LogP contribution is -2.37. The van der Waals surface area contributed by atoms with Crippen LogP contribution in [0.2, 0.25) is 0 Å². The zero-order valence-electron chi connectivity index (χ0n) is 12.6. The molecular weight excluding hydrogens is 274 g/mol. The first-order valence-corrected chi connectivity index (χ1v) is 6.89. The van der Waals surface area contributed by atoms with E-state index in [0.717, 1.165) is 4.90 Å². The van der Waals surface area contributed by atoms with Crippen LogP contribution in [0.3, 0.4) is 0 Å². The van der Waals surface area contributed by atoms with E-state index in [0.29, 0.717) is 24.3 Å².